The van der Waals surface area contributed by atoms with E-state index in [1.807, 2.05) is 0 Å². The normalized spacial score (nSPS) is 10.2. The zero-order valence-electron chi connectivity index (χ0n) is 11.3. The van der Waals surface area contributed by atoms with Crippen LogP contribution in [0.5, 0.6) is 6.01 Å². The Morgan fingerprint density at radius 2 is 2.10 bits per heavy atom. The molecule has 2 rings (SSSR count). The Bertz CT molecular complexity index is 632. The van der Waals surface area contributed by atoms with Crippen LogP contribution >= 0.6 is 11.6 Å². The number of nitrogens with one attached hydrogen (secondary N) is 1. The van der Waals surface area contributed by atoms with Gasteiger partial charge in [-0.3, -0.25) is 0 Å². The average molecular weight is 308 g/mol. The van der Waals surface area contributed by atoms with Crippen molar-refractivity contribution in [3.05, 3.63) is 46.6 Å². The summed E-state index contributed by atoms with van der Waals surface area (Å²) in [6, 6.07) is 6.98. The summed E-state index contributed by atoms with van der Waals surface area (Å²) in [7, 11) is 1.48. The van der Waals surface area contributed by atoms with Crippen LogP contribution in [0.1, 0.15) is 15.9 Å². The fraction of sp³-hybridized carbons (Fsp3) is 0.214. The van der Waals surface area contributed by atoms with E-state index in [-0.39, 0.29) is 11.6 Å². The third-order valence-electron chi connectivity index (χ3n) is 2.81. The van der Waals surface area contributed by atoms with E-state index in [0.29, 0.717) is 23.8 Å². The fourth-order valence-corrected chi connectivity index (χ4v) is 1.87. The maximum absolute atomic E-state index is 10.8. The molecule has 2 aromatic rings. The zero-order valence-corrected chi connectivity index (χ0v) is 12.1. The third kappa shape index (κ3) is 4.06. The first-order valence-corrected chi connectivity index (χ1v) is 6.60. The number of ether oxygens (including phenoxy) is 1. The van der Waals surface area contributed by atoms with Crippen LogP contribution in [0.3, 0.4) is 0 Å². The monoisotopic (exact) mass is 307 g/mol. The average Bonchev–Trinajstić information content (AvgIpc) is 2.49. The molecule has 7 heteroatoms. The molecule has 0 fully saturated rings. The van der Waals surface area contributed by atoms with Crippen LogP contribution in [0.25, 0.3) is 0 Å². The number of aromatic nitrogens is 2. The maximum Gasteiger partial charge on any atom is 0.335 e. The van der Waals surface area contributed by atoms with E-state index < -0.39 is 5.97 Å². The molecule has 0 amide bonds. The van der Waals surface area contributed by atoms with Crippen molar-refractivity contribution in [2.45, 2.75) is 6.42 Å². The van der Waals surface area contributed by atoms with Gasteiger partial charge in [0.25, 0.3) is 0 Å². The molecule has 0 saturated carbocycles. The van der Waals surface area contributed by atoms with Gasteiger partial charge in [-0.15, -0.1) is 0 Å². The molecule has 0 radical (unpaired) electrons. The number of carboxylic acids is 1. The van der Waals surface area contributed by atoms with Crippen LogP contribution in [-0.4, -0.2) is 34.7 Å². The Labute approximate surface area is 126 Å². The summed E-state index contributed by atoms with van der Waals surface area (Å²) < 4.78 is 4.93. The van der Waals surface area contributed by atoms with Gasteiger partial charge in [-0.2, -0.15) is 4.98 Å². The number of hydrogen-bond donors (Lipinski definition) is 2. The summed E-state index contributed by atoms with van der Waals surface area (Å²) >= 11 is 5.98. The van der Waals surface area contributed by atoms with Crippen molar-refractivity contribution in [1.29, 1.82) is 0 Å². The standard InChI is InChI=1S/C14H14ClN3O3/c1-21-14-17-8-11(15)12(18-14)16-7-6-9-2-4-10(5-3-9)13(19)20/h2-5,8H,6-7H2,1H3,(H,19,20)(H,16,17,18). The van der Waals surface area contributed by atoms with Gasteiger partial charge in [0.1, 0.15) is 5.02 Å². The minimum absolute atomic E-state index is 0.243. The first-order chi connectivity index (χ1) is 10.1. The first kappa shape index (κ1) is 15.1. The van der Waals surface area contributed by atoms with E-state index in [9.17, 15) is 4.79 Å². The largest absolute Gasteiger partial charge is 0.478 e. The highest BCUT2D eigenvalue weighted by Crippen LogP contribution is 2.20. The van der Waals surface area contributed by atoms with E-state index in [2.05, 4.69) is 15.3 Å². The van der Waals surface area contributed by atoms with E-state index in [4.69, 9.17) is 21.4 Å². The smallest absolute Gasteiger partial charge is 0.335 e. The van der Waals surface area contributed by atoms with E-state index >= 15 is 0 Å². The molecule has 0 aliphatic heterocycles. The van der Waals surface area contributed by atoms with Gasteiger partial charge < -0.3 is 15.2 Å². The number of hydrogen-bond acceptors (Lipinski definition) is 5. The van der Waals surface area contributed by atoms with Crippen LogP contribution in [0, 0.1) is 0 Å². The highest BCUT2D eigenvalue weighted by Gasteiger charge is 2.05. The lowest BCUT2D eigenvalue weighted by Crippen LogP contribution is -2.08. The zero-order chi connectivity index (χ0) is 15.2. The van der Waals surface area contributed by atoms with E-state index in [0.717, 1.165) is 5.56 Å². The second-order valence-corrected chi connectivity index (χ2v) is 4.64. The van der Waals surface area contributed by atoms with Gasteiger partial charge in [0.2, 0.25) is 0 Å². The molecule has 2 N–H and O–H groups in total. The van der Waals surface area contributed by atoms with Gasteiger partial charge in [0, 0.05) is 6.54 Å². The van der Waals surface area contributed by atoms with Crippen molar-refractivity contribution in [2.75, 3.05) is 19.0 Å². The van der Waals surface area contributed by atoms with Gasteiger partial charge >= 0.3 is 12.0 Å². The number of halogens is 1. The van der Waals surface area contributed by atoms with E-state index in [1.54, 1.807) is 24.3 Å². The number of rotatable bonds is 6. The molecule has 0 bridgehead atoms. The molecule has 1 heterocycles. The molecule has 0 unspecified atom stereocenters. The summed E-state index contributed by atoms with van der Waals surface area (Å²) in [6.07, 6.45) is 2.18. The van der Waals surface area contributed by atoms with Gasteiger partial charge in [0.15, 0.2) is 5.82 Å². The lowest BCUT2D eigenvalue weighted by Gasteiger charge is -2.08. The molecule has 110 valence electrons. The summed E-state index contributed by atoms with van der Waals surface area (Å²) in [4.78, 5) is 18.8. The van der Waals surface area contributed by atoms with Crippen molar-refractivity contribution in [2.24, 2.45) is 0 Å². The molecule has 21 heavy (non-hydrogen) atoms. The Kier molecular flexibility index (Phi) is 4.94. The van der Waals surface area contributed by atoms with Gasteiger partial charge in [-0.25, -0.2) is 9.78 Å². The van der Waals surface area contributed by atoms with Gasteiger partial charge in [-0.1, -0.05) is 23.7 Å². The molecule has 1 aromatic carbocycles. The van der Waals surface area contributed by atoms with Crippen molar-refractivity contribution >= 4 is 23.4 Å². The number of benzene rings is 1. The number of carboxylic acid groups (broad SMARTS) is 1. The number of anilines is 1. The highest BCUT2D eigenvalue weighted by molar-refractivity contribution is 6.32. The molecular formula is C14H14ClN3O3. The number of aromatic carboxylic acids is 1. The highest BCUT2D eigenvalue weighted by atomic mass is 35.5. The van der Waals surface area contributed by atoms with Crippen LogP contribution in [-0.2, 0) is 6.42 Å². The molecular weight excluding hydrogens is 294 g/mol. The minimum Gasteiger partial charge on any atom is -0.478 e. The molecule has 0 aliphatic carbocycles. The number of nitrogens with zero attached hydrogens (tertiary/aromatic N) is 2. The lowest BCUT2D eigenvalue weighted by atomic mass is 10.1. The molecule has 0 atom stereocenters. The Balaban J connectivity index is 1.93. The third-order valence-corrected chi connectivity index (χ3v) is 3.09. The molecule has 0 aliphatic rings. The van der Waals surface area contributed by atoms with E-state index in [1.165, 1.54) is 13.3 Å². The fourth-order valence-electron chi connectivity index (χ4n) is 1.71. The maximum atomic E-state index is 10.8. The summed E-state index contributed by atoms with van der Waals surface area (Å²) in [5.74, 6) is -0.426. The van der Waals surface area contributed by atoms with Crippen LogP contribution in [0.4, 0.5) is 5.82 Å². The molecule has 0 spiro atoms. The van der Waals surface area contributed by atoms with Crippen LogP contribution in [0.2, 0.25) is 5.02 Å². The SMILES string of the molecule is COc1ncc(Cl)c(NCCc2ccc(C(=O)O)cc2)n1. The summed E-state index contributed by atoms with van der Waals surface area (Å²) in [5, 5.41) is 12.3. The lowest BCUT2D eigenvalue weighted by molar-refractivity contribution is 0.0697. The second-order valence-electron chi connectivity index (χ2n) is 4.23. The Morgan fingerprint density at radius 3 is 2.71 bits per heavy atom. The van der Waals surface area contributed by atoms with Crippen molar-refractivity contribution < 1.29 is 14.6 Å². The molecule has 1 aromatic heterocycles. The molecule has 0 saturated heterocycles. The first-order valence-electron chi connectivity index (χ1n) is 6.23. The van der Waals surface area contributed by atoms with Crippen LogP contribution in [0.15, 0.2) is 30.5 Å². The predicted octanol–water partition coefficient (Wildman–Crippen LogP) is 2.49. The second kappa shape index (κ2) is 6.90. The van der Waals surface area contributed by atoms with Gasteiger partial charge in [0.05, 0.1) is 18.9 Å². The number of methoxy groups -OCH3 is 1. The topological polar surface area (TPSA) is 84.3 Å². The molecule has 6 nitrogen and oxygen atoms in total. The minimum atomic E-state index is -0.931. The quantitative estimate of drug-likeness (QED) is 0.853. The van der Waals surface area contributed by atoms with Gasteiger partial charge in [-0.05, 0) is 24.1 Å². The summed E-state index contributed by atoms with van der Waals surface area (Å²) in [5.41, 5.74) is 1.29. The Hall–Kier alpha value is -2.34. The predicted molar refractivity (Wildman–Crippen MR) is 79.2 cm³/mol. The number of carbonyl (C=O) groups is 1. The van der Waals surface area contributed by atoms with Crippen molar-refractivity contribution in [3.63, 3.8) is 0 Å². The van der Waals surface area contributed by atoms with Crippen molar-refractivity contribution in [1.82, 2.24) is 9.97 Å². The summed E-state index contributed by atoms with van der Waals surface area (Å²) in [6.45, 7) is 0.603. The Morgan fingerprint density at radius 1 is 1.38 bits per heavy atom. The van der Waals surface area contributed by atoms with Crippen molar-refractivity contribution in [3.8, 4) is 6.01 Å². The van der Waals surface area contributed by atoms with Crippen LogP contribution < -0.4 is 10.1 Å².